The van der Waals surface area contributed by atoms with Gasteiger partial charge in [-0.1, -0.05) is 0 Å². The molecule has 0 saturated heterocycles. The van der Waals surface area contributed by atoms with Crippen molar-refractivity contribution in [2.75, 3.05) is 0 Å². The van der Waals surface area contributed by atoms with E-state index in [1.165, 1.54) is 0 Å². The summed E-state index contributed by atoms with van der Waals surface area (Å²) in [6.45, 7) is 0. The maximum absolute atomic E-state index is 10.9. The predicted octanol–water partition coefficient (Wildman–Crippen LogP) is 0.252. The van der Waals surface area contributed by atoms with Gasteiger partial charge in [-0.15, -0.1) is 0 Å². The molecule has 0 saturated carbocycles. The number of hydrogen-bond acceptors (Lipinski definition) is 2. The van der Waals surface area contributed by atoms with Crippen LogP contribution in [0.25, 0.3) is 0 Å². The second kappa shape index (κ2) is 4.62. The van der Waals surface area contributed by atoms with Crippen LogP contribution in [0.2, 0.25) is 0 Å². The van der Waals surface area contributed by atoms with E-state index in [4.69, 9.17) is 5.73 Å². The fourth-order valence-corrected chi connectivity index (χ4v) is 1.25. The van der Waals surface area contributed by atoms with Gasteiger partial charge in [0.05, 0.1) is 0 Å². The molecule has 1 atom stereocenters. The van der Waals surface area contributed by atoms with Crippen molar-refractivity contribution in [1.29, 1.82) is 0 Å². The standard InChI is InChI=1S/C9H10NO.Sn/c10-9(7-11)6-8-4-2-1-3-5-8;/h1-5,9H,6,10H2;/t9-;/m0./s1. The monoisotopic (exact) mass is 268 g/mol. The first-order chi connectivity index (χ1) is 5.70. The topological polar surface area (TPSA) is 43.1 Å². The molecule has 0 fully saturated rings. The second-order valence-electron chi connectivity index (χ2n) is 2.66. The van der Waals surface area contributed by atoms with Crippen LogP contribution in [-0.4, -0.2) is 32.4 Å². The molecule has 1 rings (SSSR count). The van der Waals surface area contributed by atoms with Gasteiger partial charge < -0.3 is 0 Å². The molecule has 0 aliphatic heterocycles. The molecule has 61 valence electrons. The number of hydrogen-bond donors (Lipinski definition) is 1. The predicted molar refractivity (Wildman–Crippen MR) is 48.9 cm³/mol. The fourth-order valence-electron chi connectivity index (χ4n) is 0.961. The summed E-state index contributed by atoms with van der Waals surface area (Å²) < 4.78 is 0.131. The summed E-state index contributed by atoms with van der Waals surface area (Å²) >= 11 is 0.892. The first kappa shape index (κ1) is 9.73. The van der Waals surface area contributed by atoms with E-state index in [2.05, 4.69) is 0 Å². The summed E-state index contributed by atoms with van der Waals surface area (Å²) in [5, 5.41) is 0. The van der Waals surface area contributed by atoms with Gasteiger partial charge in [0.25, 0.3) is 0 Å². The number of benzene rings is 1. The Morgan fingerprint density at radius 3 is 2.50 bits per heavy atom. The summed E-state index contributed by atoms with van der Waals surface area (Å²) in [6, 6.07) is 9.52. The minimum absolute atomic E-state index is 0.131. The van der Waals surface area contributed by atoms with E-state index in [1.807, 2.05) is 30.3 Å². The van der Waals surface area contributed by atoms with E-state index in [0.717, 1.165) is 28.1 Å². The Balaban J connectivity index is 2.58. The Kier molecular flexibility index (Phi) is 3.75. The summed E-state index contributed by atoms with van der Waals surface area (Å²) in [4.78, 5) is 10.9. The summed E-state index contributed by atoms with van der Waals surface area (Å²) in [5.41, 5.74) is 6.75. The van der Waals surface area contributed by atoms with Crippen molar-refractivity contribution in [2.45, 2.75) is 12.5 Å². The molecule has 12 heavy (non-hydrogen) atoms. The van der Waals surface area contributed by atoms with E-state index >= 15 is 0 Å². The van der Waals surface area contributed by atoms with Crippen molar-refractivity contribution in [3.63, 3.8) is 0 Å². The van der Waals surface area contributed by atoms with Crippen molar-refractivity contribution in [3.05, 3.63) is 35.9 Å². The van der Waals surface area contributed by atoms with Crippen LogP contribution < -0.4 is 5.73 Å². The van der Waals surface area contributed by atoms with Crippen LogP contribution in [0.1, 0.15) is 5.56 Å². The number of carbonyl (C=O) groups is 1. The van der Waals surface area contributed by atoms with Crippen LogP contribution in [0.5, 0.6) is 0 Å². The molecule has 0 aromatic heterocycles. The normalized spacial score (nSPS) is 12.5. The number of rotatable bonds is 3. The van der Waals surface area contributed by atoms with Gasteiger partial charge in [-0.3, -0.25) is 0 Å². The fraction of sp³-hybridized carbons (Fsp3) is 0.222. The second-order valence-corrected chi connectivity index (χ2v) is 4.07. The molecule has 0 unspecified atom stereocenters. The first-order valence-corrected chi connectivity index (χ1v) is 5.18. The molecule has 0 amide bonds. The average molecular weight is 267 g/mol. The van der Waals surface area contributed by atoms with Gasteiger partial charge >= 0.3 is 85.2 Å². The zero-order valence-corrected chi connectivity index (χ0v) is 9.51. The Morgan fingerprint density at radius 1 is 1.42 bits per heavy atom. The van der Waals surface area contributed by atoms with Crippen LogP contribution >= 0.6 is 0 Å². The van der Waals surface area contributed by atoms with Crippen LogP contribution in [0.3, 0.4) is 0 Å². The molecule has 0 aliphatic rings. The Morgan fingerprint density at radius 2 is 2.00 bits per heavy atom. The molecule has 3 radical (unpaired) electrons. The van der Waals surface area contributed by atoms with Gasteiger partial charge in [0.1, 0.15) is 0 Å². The molecular formula is C9H10NOSn. The van der Waals surface area contributed by atoms with Crippen molar-refractivity contribution in [3.8, 4) is 0 Å². The summed E-state index contributed by atoms with van der Waals surface area (Å²) in [5.74, 6) is 0. The SMILES string of the molecule is N[C@@H](Cc1ccccc1)[C](=O)[Sn]. The van der Waals surface area contributed by atoms with Gasteiger partial charge in [-0.25, -0.2) is 0 Å². The summed E-state index contributed by atoms with van der Waals surface area (Å²) in [7, 11) is 0. The van der Waals surface area contributed by atoms with Gasteiger partial charge in [-0.05, 0) is 0 Å². The van der Waals surface area contributed by atoms with E-state index in [1.54, 1.807) is 0 Å². The zero-order chi connectivity index (χ0) is 8.97. The van der Waals surface area contributed by atoms with E-state index in [0.29, 0.717) is 6.42 Å². The molecule has 0 heterocycles. The van der Waals surface area contributed by atoms with Gasteiger partial charge in [0.2, 0.25) is 0 Å². The Hall–Kier alpha value is -0.351. The van der Waals surface area contributed by atoms with E-state index in [9.17, 15) is 4.79 Å². The van der Waals surface area contributed by atoms with Crippen LogP contribution in [-0.2, 0) is 11.2 Å². The van der Waals surface area contributed by atoms with Crippen LogP contribution in [0.4, 0.5) is 0 Å². The van der Waals surface area contributed by atoms with Crippen molar-refractivity contribution in [2.24, 2.45) is 5.73 Å². The van der Waals surface area contributed by atoms with Gasteiger partial charge in [0.15, 0.2) is 0 Å². The van der Waals surface area contributed by atoms with Gasteiger partial charge in [-0.2, -0.15) is 0 Å². The molecule has 2 nitrogen and oxygen atoms in total. The van der Waals surface area contributed by atoms with Crippen LogP contribution in [0.15, 0.2) is 30.3 Å². The molecule has 0 bridgehead atoms. The Bertz CT molecular complexity index is 260. The third-order valence-corrected chi connectivity index (χ3v) is 2.69. The third kappa shape index (κ3) is 2.95. The van der Waals surface area contributed by atoms with Crippen LogP contribution in [0, 0.1) is 0 Å². The average Bonchev–Trinajstić information content (AvgIpc) is 2.06. The molecule has 0 spiro atoms. The maximum atomic E-state index is 10.9. The third-order valence-electron chi connectivity index (χ3n) is 1.64. The van der Waals surface area contributed by atoms with Gasteiger partial charge in [0, 0.05) is 0 Å². The number of nitrogens with two attached hydrogens (primary N) is 1. The van der Waals surface area contributed by atoms with E-state index in [-0.39, 0.29) is 9.84 Å². The zero-order valence-electron chi connectivity index (χ0n) is 6.66. The molecule has 2 N–H and O–H groups in total. The van der Waals surface area contributed by atoms with E-state index < -0.39 is 0 Å². The molecular weight excluding hydrogens is 257 g/mol. The Labute approximate surface area is 85.2 Å². The van der Waals surface area contributed by atoms with Crippen molar-refractivity contribution < 1.29 is 4.79 Å². The molecule has 1 aromatic rings. The first-order valence-electron chi connectivity index (χ1n) is 3.75. The number of carbonyl (C=O) groups excluding carboxylic acids is 1. The quantitative estimate of drug-likeness (QED) is 0.798. The van der Waals surface area contributed by atoms with Crippen molar-refractivity contribution in [1.82, 2.24) is 0 Å². The van der Waals surface area contributed by atoms with Crippen molar-refractivity contribution >= 4 is 26.3 Å². The minimum atomic E-state index is -0.314. The summed E-state index contributed by atoms with van der Waals surface area (Å²) in [6.07, 6.45) is 0.658. The molecule has 3 heteroatoms. The molecule has 0 aliphatic carbocycles. The molecule has 1 aromatic carbocycles.